The highest BCUT2D eigenvalue weighted by Gasteiger charge is 2.14. The van der Waals surface area contributed by atoms with Gasteiger partial charge in [0.2, 0.25) is 0 Å². The van der Waals surface area contributed by atoms with Gasteiger partial charge in [0.15, 0.2) is 5.11 Å². The van der Waals surface area contributed by atoms with E-state index in [-0.39, 0.29) is 16.6 Å². The number of carboxylic acid groups (broad SMARTS) is 1. The van der Waals surface area contributed by atoms with Crippen LogP contribution in [0.1, 0.15) is 31.8 Å². The summed E-state index contributed by atoms with van der Waals surface area (Å²) in [4.78, 5) is 23.5. The number of aromatic carboxylic acids is 1. The smallest absolute Gasteiger partial charge is 0.337 e. The van der Waals surface area contributed by atoms with E-state index in [1.165, 1.54) is 6.07 Å². The number of hydrogen-bond donors (Lipinski definition) is 3. The minimum absolute atomic E-state index is 0.0306. The average molecular weight is 407 g/mol. The summed E-state index contributed by atoms with van der Waals surface area (Å²) >= 11 is 8.32. The van der Waals surface area contributed by atoms with Crippen LogP contribution in [0.4, 0.5) is 5.69 Å². The number of carbonyl (C=O) groups is 2. The molecule has 0 bridgehead atoms. The molecule has 24 heavy (non-hydrogen) atoms. The molecule has 7 heteroatoms. The number of anilines is 1. The van der Waals surface area contributed by atoms with E-state index in [0.29, 0.717) is 15.7 Å². The molecule has 0 atom stereocenters. The van der Waals surface area contributed by atoms with Gasteiger partial charge in [-0.3, -0.25) is 10.1 Å². The Labute approximate surface area is 153 Å². The maximum Gasteiger partial charge on any atom is 0.337 e. The molecule has 1 amide bonds. The van der Waals surface area contributed by atoms with E-state index in [1.807, 2.05) is 19.9 Å². The lowest BCUT2D eigenvalue weighted by Crippen LogP contribution is -2.34. The second-order valence-corrected chi connectivity index (χ2v) is 6.53. The van der Waals surface area contributed by atoms with Crippen molar-refractivity contribution in [1.29, 1.82) is 0 Å². The topological polar surface area (TPSA) is 78.4 Å². The Balaban J connectivity index is 2.12. The van der Waals surface area contributed by atoms with Crippen molar-refractivity contribution in [1.82, 2.24) is 5.32 Å². The van der Waals surface area contributed by atoms with E-state index in [4.69, 9.17) is 12.2 Å². The number of nitrogens with one attached hydrogen (secondary N) is 2. The molecule has 2 aromatic rings. The van der Waals surface area contributed by atoms with Gasteiger partial charge in [0.25, 0.3) is 5.91 Å². The van der Waals surface area contributed by atoms with Crippen molar-refractivity contribution >= 4 is 50.8 Å². The molecule has 3 N–H and O–H groups in total. The summed E-state index contributed by atoms with van der Waals surface area (Å²) in [6.07, 6.45) is 0. The monoisotopic (exact) mass is 406 g/mol. The van der Waals surface area contributed by atoms with Gasteiger partial charge in [-0.25, -0.2) is 4.79 Å². The van der Waals surface area contributed by atoms with Crippen molar-refractivity contribution in [2.45, 2.75) is 13.8 Å². The molecule has 0 saturated heterocycles. The number of carbonyl (C=O) groups excluding carboxylic acids is 1. The minimum Gasteiger partial charge on any atom is -0.478 e. The Morgan fingerprint density at radius 1 is 1.08 bits per heavy atom. The van der Waals surface area contributed by atoms with Gasteiger partial charge in [-0.2, -0.15) is 0 Å². The van der Waals surface area contributed by atoms with Crippen LogP contribution in [0, 0.1) is 13.8 Å². The van der Waals surface area contributed by atoms with Crippen LogP contribution in [-0.2, 0) is 0 Å². The molecule has 0 heterocycles. The van der Waals surface area contributed by atoms with Gasteiger partial charge in [0, 0.05) is 10.0 Å². The molecular weight excluding hydrogens is 392 g/mol. The van der Waals surface area contributed by atoms with Crippen molar-refractivity contribution in [3.05, 3.63) is 63.1 Å². The Morgan fingerprint density at radius 2 is 1.79 bits per heavy atom. The van der Waals surface area contributed by atoms with Crippen LogP contribution < -0.4 is 10.6 Å². The van der Waals surface area contributed by atoms with E-state index in [9.17, 15) is 14.7 Å². The molecule has 2 aromatic carbocycles. The summed E-state index contributed by atoms with van der Waals surface area (Å²) < 4.78 is 0.635. The van der Waals surface area contributed by atoms with Crippen LogP contribution in [0.3, 0.4) is 0 Å². The fraction of sp³-hybridized carbons (Fsp3) is 0.118. The van der Waals surface area contributed by atoms with Crippen molar-refractivity contribution < 1.29 is 14.7 Å². The van der Waals surface area contributed by atoms with E-state index >= 15 is 0 Å². The Hall–Kier alpha value is -2.25. The van der Waals surface area contributed by atoms with Crippen LogP contribution in [-0.4, -0.2) is 22.1 Å². The summed E-state index contributed by atoms with van der Waals surface area (Å²) in [5.74, 6) is -1.45. The molecule has 124 valence electrons. The number of carboxylic acids is 1. The molecule has 0 aliphatic heterocycles. The minimum atomic E-state index is -1.10. The van der Waals surface area contributed by atoms with Crippen molar-refractivity contribution in [2.24, 2.45) is 0 Å². The van der Waals surface area contributed by atoms with E-state index in [2.05, 4.69) is 26.6 Å². The molecule has 0 spiro atoms. The molecule has 0 fully saturated rings. The number of hydrogen-bond acceptors (Lipinski definition) is 3. The first kappa shape index (κ1) is 18.1. The standard InChI is InChI=1S/C17H15BrN2O3S/c1-9-3-4-11(7-10(9)2)15(21)20-17(24)19-14-6-5-12(18)8-13(14)16(22)23/h3-8H,1-2H3,(H,22,23)(H2,19,20,21,24). The van der Waals surface area contributed by atoms with Crippen LogP contribution in [0.25, 0.3) is 0 Å². The predicted octanol–water partition coefficient (Wildman–Crippen LogP) is 3.89. The second kappa shape index (κ2) is 7.55. The lowest BCUT2D eigenvalue weighted by molar-refractivity contribution is 0.0697. The quantitative estimate of drug-likeness (QED) is 0.673. The highest BCUT2D eigenvalue weighted by molar-refractivity contribution is 9.10. The maximum atomic E-state index is 12.2. The zero-order valence-electron chi connectivity index (χ0n) is 13.0. The number of rotatable bonds is 3. The fourth-order valence-electron chi connectivity index (χ4n) is 2.01. The molecular formula is C17H15BrN2O3S. The Kier molecular flexibility index (Phi) is 5.69. The van der Waals surface area contributed by atoms with Crippen LogP contribution in [0.5, 0.6) is 0 Å². The SMILES string of the molecule is Cc1ccc(C(=O)NC(=S)Nc2ccc(Br)cc2C(=O)O)cc1C. The van der Waals surface area contributed by atoms with Gasteiger partial charge >= 0.3 is 5.97 Å². The lowest BCUT2D eigenvalue weighted by Gasteiger charge is -2.12. The number of aryl methyl sites for hydroxylation is 2. The lowest BCUT2D eigenvalue weighted by atomic mass is 10.1. The Bertz CT molecular complexity index is 837. The number of benzene rings is 2. The van der Waals surface area contributed by atoms with Gasteiger partial charge < -0.3 is 10.4 Å². The summed E-state index contributed by atoms with van der Waals surface area (Å²) in [6.45, 7) is 3.88. The van der Waals surface area contributed by atoms with Crippen molar-refractivity contribution in [3.8, 4) is 0 Å². The molecule has 5 nitrogen and oxygen atoms in total. The highest BCUT2D eigenvalue weighted by Crippen LogP contribution is 2.21. The molecule has 0 unspecified atom stereocenters. The van der Waals surface area contributed by atoms with Crippen molar-refractivity contribution in [2.75, 3.05) is 5.32 Å². The van der Waals surface area contributed by atoms with Crippen LogP contribution in [0.15, 0.2) is 40.9 Å². The molecule has 0 aromatic heterocycles. The summed E-state index contributed by atoms with van der Waals surface area (Å²) in [5, 5.41) is 14.6. The third-order valence-corrected chi connectivity index (χ3v) is 4.15. The third-order valence-electron chi connectivity index (χ3n) is 3.46. The van der Waals surface area contributed by atoms with Gasteiger partial charge in [-0.1, -0.05) is 22.0 Å². The third kappa shape index (κ3) is 4.39. The van der Waals surface area contributed by atoms with Crippen molar-refractivity contribution in [3.63, 3.8) is 0 Å². The van der Waals surface area contributed by atoms with E-state index < -0.39 is 5.97 Å². The highest BCUT2D eigenvalue weighted by atomic mass is 79.9. The number of halogens is 1. The molecule has 0 radical (unpaired) electrons. The van der Waals surface area contributed by atoms with Gasteiger partial charge in [0.05, 0.1) is 11.3 Å². The van der Waals surface area contributed by atoms with E-state index in [0.717, 1.165) is 11.1 Å². The predicted molar refractivity (Wildman–Crippen MR) is 101 cm³/mol. The van der Waals surface area contributed by atoms with E-state index in [1.54, 1.807) is 24.3 Å². The summed E-state index contributed by atoms with van der Waals surface area (Å²) in [7, 11) is 0. The molecule has 2 rings (SSSR count). The van der Waals surface area contributed by atoms with Gasteiger partial charge in [-0.15, -0.1) is 0 Å². The average Bonchev–Trinajstić information content (AvgIpc) is 2.51. The second-order valence-electron chi connectivity index (χ2n) is 5.20. The molecule has 0 aliphatic carbocycles. The zero-order valence-corrected chi connectivity index (χ0v) is 15.4. The maximum absolute atomic E-state index is 12.2. The number of amides is 1. The zero-order chi connectivity index (χ0) is 17.9. The Morgan fingerprint density at radius 3 is 2.42 bits per heavy atom. The fourth-order valence-corrected chi connectivity index (χ4v) is 2.58. The summed E-state index contributed by atoms with van der Waals surface area (Å²) in [5.41, 5.74) is 2.93. The first-order valence-corrected chi connectivity index (χ1v) is 8.20. The number of thiocarbonyl (C=S) groups is 1. The first-order chi connectivity index (χ1) is 11.3. The normalized spacial score (nSPS) is 10.1. The molecule has 0 saturated carbocycles. The van der Waals surface area contributed by atoms with Gasteiger partial charge in [0.1, 0.15) is 0 Å². The van der Waals surface area contributed by atoms with Crippen LogP contribution >= 0.6 is 28.1 Å². The van der Waals surface area contributed by atoms with Gasteiger partial charge in [-0.05, 0) is 67.5 Å². The summed E-state index contributed by atoms with van der Waals surface area (Å²) in [6, 6.07) is 10.1. The largest absolute Gasteiger partial charge is 0.478 e. The molecule has 0 aliphatic rings. The first-order valence-electron chi connectivity index (χ1n) is 7.00. The van der Waals surface area contributed by atoms with Crippen LogP contribution in [0.2, 0.25) is 0 Å².